The molecule has 148 valence electrons. The van der Waals surface area contributed by atoms with Gasteiger partial charge in [-0.05, 0) is 60.4 Å². The molecular weight excluding hydrogens is 358 g/mol. The van der Waals surface area contributed by atoms with Gasteiger partial charge in [-0.2, -0.15) is 0 Å². The molecule has 2 aliphatic carbocycles. The second kappa shape index (κ2) is 6.46. The number of anilines is 1. The van der Waals surface area contributed by atoms with E-state index in [1.807, 2.05) is 6.07 Å². The van der Waals surface area contributed by atoms with Crippen molar-refractivity contribution >= 4 is 17.7 Å². The molecule has 2 aliphatic heterocycles. The Balaban J connectivity index is 1.26. The molecule has 4 heteroatoms. The summed E-state index contributed by atoms with van der Waals surface area (Å²) < 4.78 is 0. The molecule has 0 bridgehead atoms. The van der Waals surface area contributed by atoms with Crippen molar-refractivity contribution in [3.63, 3.8) is 0 Å². The van der Waals surface area contributed by atoms with Gasteiger partial charge in [0.2, 0.25) is 5.91 Å². The molecule has 2 heterocycles. The van der Waals surface area contributed by atoms with Crippen LogP contribution in [-0.4, -0.2) is 36.1 Å². The number of likely N-dealkylation sites (tertiary alicyclic amines) is 1. The Hall–Kier alpha value is -2.59. The molecule has 2 fully saturated rings. The third kappa shape index (κ3) is 2.52. The van der Waals surface area contributed by atoms with Crippen LogP contribution in [0.15, 0.2) is 54.6 Å². The van der Waals surface area contributed by atoms with E-state index in [-0.39, 0.29) is 5.91 Å². The zero-order chi connectivity index (χ0) is 19.4. The average Bonchev–Trinajstić information content (AvgIpc) is 3.30. The smallest absolute Gasteiger partial charge is 0.247 e. The maximum Gasteiger partial charge on any atom is 0.247 e. The van der Waals surface area contributed by atoms with Gasteiger partial charge in [0.1, 0.15) is 5.54 Å². The van der Waals surface area contributed by atoms with Crippen LogP contribution < -0.4 is 10.2 Å². The molecule has 2 saturated heterocycles. The Morgan fingerprint density at radius 1 is 1.00 bits per heavy atom. The number of hydrogen-bond donors (Lipinski definition) is 1. The van der Waals surface area contributed by atoms with Gasteiger partial charge < -0.3 is 10.2 Å². The van der Waals surface area contributed by atoms with E-state index in [1.54, 1.807) is 5.56 Å². The Morgan fingerprint density at radius 3 is 2.66 bits per heavy atom. The zero-order valence-electron chi connectivity index (χ0n) is 16.7. The van der Waals surface area contributed by atoms with Crippen LogP contribution in [0.2, 0.25) is 0 Å². The van der Waals surface area contributed by atoms with Crippen LogP contribution in [0.5, 0.6) is 0 Å². The number of nitrogens with zero attached hydrogens (tertiary/aromatic N) is 2. The largest absolute Gasteiger partial charge is 0.339 e. The molecule has 2 atom stereocenters. The van der Waals surface area contributed by atoms with Gasteiger partial charge in [-0.25, -0.2) is 0 Å². The van der Waals surface area contributed by atoms with E-state index >= 15 is 0 Å². The highest BCUT2D eigenvalue weighted by Crippen LogP contribution is 2.50. The number of piperidine rings is 1. The van der Waals surface area contributed by atoms with E-state index in [9.17, 15) is 4.79 Å². The highest BCUT2D eigenvalue weighted by Gasteiger charge is 2.51. The Labute approximate surface area is 172 Å². The number of para-hydroxylation sites is 1. The Morgan fingerprint density at radius 2 is 1.83 bits per heavy atom. The number of amides is 1. The van der Waals surface area contributed by atoms with Crippen molar-refractivity contribution in [2.45, 2.75) is 43.2 Å². The molecule has 6 rings (SSSR count). The minimum Gasteiger partial charge on any atom is -0.339 e. The molecule has 2 aromatic carbocycles. The first kappa shape index (κ1) is 17.3. The monoisotopic (exact) mass is 385 g/mol. The average molecular weight is 386 g/mol. The third-order valence-electron chi connectivity index (χ3n) is 7.64. The molecule has 0 saturated carbocycles. The normalized spacial score (nSPS) is 27.3. The van der Waals surface area contributed by atoms with E-state index in [2.05, 4.69) is 69.7 Å². The van der Waals surface area contributed by atoms with Crippen LogP contribution in [0.1, 0.15) is 54.3 Å². The summed E-state index contributed by atoms with van der Waals surface area (Å²) in [6.45, 7) is 2.57. The van der Waals surface area contributed by atoms with E-state index in [0.29, 0.717) is 18.6 Å². The maximum atomic E-state index is 12.9. The highest BCUT2D eigenvalue weighted by atomic mass is 16.2. The van der Waals surface area contributed by atoms with Crippen LogP contribution in [0.25, 0.3) is 6.08 Å². The molecule has 1 N–H and O–H groups in total. The quantitative estimate of drug-likeness (QED) is 0.847. The van der Waals surface area contributed by atoms with Crippen molar-refractivity contribution in [2.24, 2.45) is 0 Å². The van der Waals surface area contributed by atoms with Crippen molar-refractivity contribution in [3.05, 3.63) is 71.3 Å². The van der Waals surface area contributed by atoms with Crippen molar-refractivity contribution in [1.29, 1.82) is 0 Å². The fourth-order valence-electron chi connectivity index (χ4n) is 6.18. The number of rotatable bonds is 2. The van der Waals surface area contributed by atoms with Gasteiger partial charge in [0.15, 0.2) is 0 Å². The second-order valence-corrected chi connectivity index (χ2v) is 8.93. The molecule has 1 spiro atoms. The lowest BCUT2D eigenvalue weighted by Crippen LogP contribution is -2.56. The van der Waals surface area contributed by atoms with Crippen LogP contribution in [0.4, 0.5) is 5.69 Å². The maximum absolute atomic E-state index is 12.9. The summed E-state index contributed by atoms with van der Waals surface area (Å²) in [5.41, 5.74) is 5.29. The van der Waals surface area contributed by atoms with Crippen LogP contribution in [0, 0.1) is 0 Å². The molecule has 4 nitrogen and oxygen atoms in total. The van der Waals surface area contributed by atoms with Crippen LogP contribution in [0.3, 0.4) is 0 Å². The Bertz CT molecular complexity index is 975. The topological polar surface area (TPSA) is 35.6 Å². The van der Waals surface area contributed by atoms with E-state index in [0.717, 1.165) is 31.6 Å². The molecule has 1 amide bonds. The van der Waals surface area contributed by atoms with Gasteiger partial charge >= 0.3 is 0 Å². The summed E-state index contributed by atoms with van der Waals surface area (Å²) in [6.07, 6.45) is 8.81. The molecular formula is C25H27N3O. The molecule has 0 aromatic heterocycles. The van der Waals surface area contributed by atoms with Gasteiger partial charge in [-0.15, -0.1) is 0 Å². The van der Waals surface area contributed by atoms with Crippen molar-refractivity contribution < 1.29 is 4.79 Å². The predicted molar refractivity (Wildman–Crippen MR) is 116 cm³/mol. The number of benzene rings is 2. The summed E-state index contributed by atoms with van der Waals surface area (Å²) in [7, 11) is 0. The molecule has 29 heavy (non-hydrogen) atoms. The molecule has 0 radical (unpaired) electrons. The first-order valence-corrected chi connectivity index (χ1v) is 10.9. The van der Waals surface area contributed by atoms with Crippen LogP contribution in [-0.2, 0) is 4.79 Å². The minimum absolute atomic E-state index is 0.204. The molecule has 2 aromatic rings. The van der Waals surface area contributed by atoms with Gasteiger partial charge in [0, 0.05) is 24.8 Å². The van der Waals surface area contributed by atoms with Gasteiger partial charge in [0.25, 0.3) is 0 Å². The summed E-state index contributed by atoms with van der Waals surface area (Å²) in [6, 6.07) is 17.7. The van der Waals surface area contributed by atoms with Crippen molar-refractivity contribution in [2.75, 3.05) is 24.7 Å². The number of carbonyl (C=O) groups excluding carboxylic acids is 1. The number of hydrogen-bond acceptors (Lipinski definition) is 3. The van der Waals surface area contributed by atoms with E-state index < -0.39 is 5.54 Å². The van der Waals surface area contributed by atoms with Gasteiger partial charge in [-0.1, -0.05) is 48.6 Å². The van der Waals surface area contributed by atoms with Crippen LogP contribution >= 0.6 is 0 Å². The zero-order valence-corrected chi connectivity index (χ0v) is 16.7. The number of nitrogens with one attached hydrogen (secondary N) is 1. The lowest BCUT2D eigenvalue weighted by molar-refractivity contribution is -0.125. The number of carbonyl (C=O) groups is 1. The molecule has 1 unspecified atom stereocenters. The summed E-state index contributed by atoms with van der Waals surface area (Å²) in [5.74, 6) is 0.873. The van der Waals surface area contributed by atoms with E-state index in [1.165, 1.54) is 24.0 Å². The first-order chi connectivity index (χ1) is 14.3. The summed E-state index contributed by atoms with van der Waals surface area (Å²) >= 11 is 0. The lowest BCUT2D eigenvalue weighted by atomic mass is 9.84. The van der Waals surface area contributed by atoms with Gasteiger partial charge in [0.05, 0.1) is 6.67 Å². The Kier molecular flexibility index (Phi) is 3.85. The molecule has 4 aliphatic rings. The minimum atomic E-state index is -0.393. The van der Waals surface area contributed by atoms with Crippen molar-refractivity contribution in [1.82, 2.24) is 10.2 Å². The van der Waals surface area contributed by atoms with E-state index in [4.69, 9.17) is 0 Å². The summed E-state index contributed by atoms with van der Waals surface area (Å²) in [4.78, 5) is 17.9. The second-order valence-electron chi connectivity index (χ2n) is 8.93. The third-order valence-corrected chi connectivity index (χ3v) is 7.64. The summed E-state index contributed by atoms with van der Waals surface area (Å²) in [5, 5.41) is 3.12. The van der Waals surface area contributed by atoms with Gasteiger partial charge in [-0.3, -0.25) is 9.69 Å². The fraction of sp³-hybridized carbons (Fsp3) is 0.400. The fourth-order valence-corrected chi connectivity index (χ4v) is 6.18. The lowest BCUT2D eigenvalue weighted by Gasteiger charge is -2.45. The SMILES string of the molecule is O=C1NCN(c2ccccc2)C12CCN([C@@H]1CC3CC=Cc4cccc1c43)CC2. The standard InChI is InChI=1S/C25H27N3O/c29-24-25(28(17-26-24)20-9-2-1-3-10-20)12-14-27(15-13-25)22-16-19-8-4-6-18-7-5-11-21(22)23(18)19/h1-7,9-11,19,22H,8,12-17H2,(H,26,29)/t19?,22-/m1/s1. The van der Waals surface area contributed by atoms with Crippen molar-refractivity contribution in [3.8, 4) is 0 Å². The number of allylic oxidation sites excluding steroid dienone is 1. The predicted octanol–water partition coefficient (Wildman–Crippen LogP) is 4.06. The highest BCUT2D eigenvalue weighted by molar-refractivity contribution is 5.93. The first-order valence-electron chi connectivity index (χ1n) is 10.9.